The molecule has 1 aromatic rings. The van der Waals surface area contributed by atoms with Crippen LogP contribution in [-0.2, 0) is 9.53 Å². The van der Waals surface area contributed by atoms with Crippen molar-refractivity contribution in [2.75, 3.05) is 12.9 Å². The van der Waals surface area contributed by atoms with Crippen LogP contribution in [0.5, 0.6) is 0 Å². The molecule has 0 aliphatic rings. The van der Waals surface area contributed by atoms with Crippen molar-refractivity contribution in [1.29, 1.82) is 0 Å². The van der Waals surface area contributed by atoms with Crippen LogP contribution < -0.4 is 0 Å². The molecule has 0 aliphatic heterocycles. The van der Waals surface area contributed by atoms with Gasteiger partial charge in [-0.25, -0.2) is 4.79 Å². The van der Waals surface area contributed by atoms with E-state index in [9.17, 15) is 9.59 Å². The molecule has 0 amide bonds. The van der Waals surface area contributed by atoms with E-state index in [2.05, 4.69) is 4.74 Å². The van der Waals surface area contributed by atoms with E-state index in [4.69, 9.17) is 11.6 Å². The minimum atomic E-state index is -0.446. The first kappa shape index (κ1) is 15.8. The average Bonchev–Trinajstić information content (AvgIpc) is 2.37. The van der Waals surface area contributed by atoms with Gasteiger partial charge in [-0.15, -0.1) is 0 Å². The van der Waals surface area contributed by atoms with E-state index in [1.807, 2.05) is 12.2 Å². The number of halogens is 1. The highest BCUT2D eigenvalue weighted by molar-refractivity contribution is 8.13. The van der Waals surface area contributed by atoms with Crippen LogP contribution in [0.4, 0.5) is 0 Å². The number of carbonyl (C=O) groups is 2. The predicted molar refractivity (Wildman–Crippen MR) is 79.6 cm³/mol. The van der Waals surface area contributed by atoms with E-state index in [1.165, 1.54) is 18.9 Å². The Balaban J connectivity index is 2.61. The number of esters is 1. The quantitative estimate of drug-likeness (QED) is 0.612. The number of methoxy groups -OCH3 is 1. The van der Waals surface area contributed by atoms with Crippen molar-refractivity contribution < 1.29 is 14.3 Å². The van der Waals surface area contributed by atoms with Crippen molar-refractivity contribution in [3.63, 3.8) is 0 Å². The number of rotatable bonds is 5. The Morgan fingerprint density at radius 1 is 1.42 bits per heavy atom. The molecule has 0 fully saturated rings. The standard InChI is InChI=1S/C14H15ClO3S/c1-10(16)19-8-4-3-5-11-6-7-12(13(15)9-11)14(17)18-2/h3,5-7,9H,4,8H2,1-2H3. The lowest BCUT2D eigenvalue weighted by atomic mass is 10.1. The summed E-state index contributed by atoms with van der Waals surface area (Å²) < 4.78 is 4.62. The molecule has 0 aliphatic carbocycles. The van der Waals surface area contributed by atoms with Crippen LogP contribution >= 0.6 is 23.4 Å². The first-order valence-electron chi connectivity index (χ1n) is 5.72. The zero-order chi connectivity index (χ0) is 14.3. The molecule has 0 spiro atoms. The molecule has 19 heavy (non-hydrogen) atoms. The number of hydrogen-bond acceptors (Lipinski definition) is 4. The van der Waals surface area contributed by atoms with Crippen LogP contribution in [0.2, 0.25) is 5.02 Å². The van der Waals surface area contributed by atoms with Crippen molar-refractivity contribution in [3.8, 4) is 0 Å². The molecule has 0 radical (unpaired) electrons. The van der Waals surface area contributed by atoms with E-state index < -0.39 is 5.97 Å². The minimum Gasteiger partial charge on any atom is -0.465 e. The minimum absolute atomic E-state index is 0.124. The van der Waals surface area contributed by atoms with Crippen LogP contribution in [0.1, 0.15) is 29.3 Å². The highest BCUT2D eigenvalue weighted by Gasteiger charge is 2.09. The average molecular weight is 299 g/mol. The smallest absolute Gasteiger partial charge is 0.339 e. The topological polar surface area (TPSA) is 43.4 Å². The summed E-state index contributed by atoms with van der Waals surface area (Å²) in [5.74, 6) is 0.318. The van der Waals surface area contributed by atoms with Gasteiger partial charge in [0.1, 0.15) is 0 Å². The monoisotopic (exact) mass is 298 g/mol. The number of benzene rings is 1. The zero-order valence-corrected chi connectivity index (χ0v) is 12.4. The Morgan fingerprint density at radius 2 is 2.16 bits per heavy atom. The predicted octanol–water partition coefficient (Wildman–Crippen LogP) is 3.81. The van der Waals surface area contributed by atoms with Gasteiger partial charge in [-0.3, -0.25) is 4.79 Å². The maximum Gasteiger partial charge on any atom is 0.339 e. The normalized spacial score (nSPS) is 10.7. The lowest BCUT2D eigenvalue weighted by Gasteiger charge is -2.03. The van der Waals surface area contributed by atoms with Crippen LogP contribution in [-0.4, -0.2) is 23.9 Å². The van der Waals surface area contributed by atoms with E-state index in [0.717, 1.165) is 17.7 Å². The van der Waals surface area contributed by atoms with Gasteiger partial charge >= 0.3 is 5.97 Å². The van der Waals surface area contributed by atoms with E-state index in [1.54, 1.807) is 25.1 Å². The highest BCUT2D eigenvalue weighted by atomic mass is 35.5. The molecule has 0 saturated heterocycles. The van der Waals surface area contributed by atoms with Gasteiger partial charge in [0.25, 0.3) is 0 Å². The van der Waals surface area contributed by atoms with Gasteiger partial charge in [0.15, 0.2) is 5.12 Å². The molecule has 0 aromatic heterocycles. The summed E-state index contributed by atoms with van der Waals surface area (Å²) in [7, 11) is 1.32. The summed E-state index contributed by atoms with van der Waals surface area (Å²) in [6.07, 6.45) is 4.69. The third-order valence-corrected chi connectivity index (χ3v) is 3.46. The summed E-state index contributed by atoms with van der Waals surface area (Å²) in [6.45, 7) is 1.56. The van der Waals surface area contributed by atoms with Crippen molar-refractivity contribution in [2.45, 2.75) is 13.3 Å². The third-order valence-electron chi connectivity index (χ3n) is 2.30. The SMILES string of the molecule is COC(=O)c1ccc(C=CCCSC(C)=O)cc1Cl. The number of allylic oxidation sites excluding steroid dienone is 1. The molecule has 0 unspecified atom stereocenters. The molecule has 1 rings (SSSR count). The lowest BCUT2D eigenvalue weighted by molar-refractivity contribution is -0.109. The van der Waals surface area contributed by atoms with Crippen molar-refractivity contribution in [3.05, 3.63) is 40.4 Å². The summed E-state index contributed by atoms with van der Waals surface area (Å²) in [4.78, 5) is 22.1. The van der Waals surface area contributed by atoms with Crippen molar-refractivity contribution >= 4 is 40.5 Å². The van der Waals surface area contributed by atoms with E-state index >= 15 is 0 Å². The van der Waals surface area contributed by atoms with Crippen molar-refractivity contribution in [1.82, 2.24) is 0 Å². The molecule has 1 aromatic carbocycles. The van der Waals surface area contributed by atoms with Crippen LogP contribution in [0.15, 0.2) is 24.3 Å². The van der Waals surface area contributed by atoms with E-state index in [0.29, 0.717) is 10.6 Å². The molecule has 0 N–H and O–H groups in total. The lowest BCUT2D eigenvalue weighted by Crippen LogP contribution is -2.01. The van der Waals surface area contributed by atoms with Gasteiger partial charge in [0.05, 0.1) is 17.7 Å². The van der Waals surface area contributed by atoms with Crippen LogP contribution in [0, 0.1) is 0 Å². The molecular weight excluding hydrogens is 284 g/mol. The number of hydrogen-bond donors (Lipinski definition) is 0. The molecular formula is C14H15ClO3S. The largest absolute Gasteiger partial charge is 0.465 e. The second-order valence-electron chi connectivity index (χ2n) is 3.76. The van der Waals surface area contributed by atoms with Gasteiger partial charge in [-0.2, -0.15) is 0 Å². The second-order valence-corrected chi connectivity index (χ2v) is 5.44. The summed E-state index contributed by atoms with van der Waals surface area (Å²) in [5, 5.41) is 0.492. The van der Waals surface area contributed by atoms with E-state index in [-0.39, 0.29) is 5.12 Å². The zero-order valence-electron chi connectivity index (χ0n) is 10.8. The Kier molecular flexibility index (Phi) is 6.67. The maximum atomic E-state index is 11.3. The maximum absolute atomic E-state index is 11.3. The van der Waals surface area contributed by atoms with Gasteiger partial charge in [-0.1, -0.05) is 41.6 Å². The third kappa shape index (κ3) is 5.49. The van der Waals surface area contributed by atoms with Gasteiger partial charge in [-0.05, 0) is 24.1 Å². The first-order valence-corrected chi connectivity index (χ1v) is 7.08. The molecule has 3 nitrogen and oxygen atoms in total. The van der Waals surface area contributed by atoms with Crippen molar-refractivity contribution in [2.24, 2.45) is 0 Å². The first-order chi connectivity index (χ1) is 9.04. The number of ether oxygens (including phenoxy) is 1. The summed E-state index contributed by atoms with van der Waals surface area (Å²) in [5.41, 5.74) is 1.26. The summed E-state index contributed by atoms with van der Waals surface area (Å²) in [6, 6.07) is 5.15. The van der Waals surface area contributed by atoms with Gasteiger partial charge in [0.2, 0.25) is 0 Å². The fourth-order valence-corrected chi connectivity index (χ4v) is 2.21. The summed E-state index contributed by atoms with van der Waals surface area (Å²) >= 11 is 7.30. The fourth-order valence-electron chi connectivity index (χ4n) is 1.40. The Morgan fingerprint density at radius 3 is 2.74 bits per heavy atom. The molecule has 0 atom stereocenters. The number of carbonyl (C=O) groups excluding carboxylic acids is 2. The van der Waals surface area contributed by atoms with Gasteiger partial charge < -0.3 is 4.74 Å². The molecule has 0 bridgehead atoms. The Bertz CT molecular complexity index is 497. The number of thioether (sulfide) groups is 1. The Hall–Kier alpha value is -1.26. The second kappa shape index (κ2) is 8.02. The van der Waals surface area contributed by atoms with Crippen LogP contribution in [0.25, 0.3) is 6.08 Å². The molecule has 0 heterocycles. The van der Waals surface area contributed by atoms with Gasteiger partial charge in [0, 0.05) is 12.7 Å². The Labute approximate surface area is 122 Å². The fraction of sp³-hybridized carbons (Fsp3) is 0.286. The molecule has 5 heteroatoms. The highest BCUT2D eigenvalue weighted by Crippen LogP contribution is 2.19. The molecule has 102 valence electrons. The molecule has 0 saturated carbocycles. The van der Waals surface area contributed by atoms with Crippen LogP contribution in [0.3, 0.4) is 0 Å².